The van der Waals surface area contributed by atoms with Crippen LogP contribution in [0.1, 0.15) is 24.1 Å². The first kappa shape index (κ1) is 17.7. The number of aliphatic hydroxyl groups is 1. The zero-order valence-corrected chi connectivity index (χ0v) is 15.8. The summed E-state index contributed by atoms with van der Waals surface area (Å²) >= 11 is 1.38. The highest BCUT2D eigenvalue weighted by atomic mass is 32.2. The molecule has 7 nitrogen and oxygen atoms in total. The number of rotatable bonds is 6. The Hall–Kier alpha value is -1.68. The summed E-state index contributed by atoms with van der Waals surface area (Å²) in [7, 11) is -3.49. The van der Waals surface area contributed by atoms with E-state index in [1.54, 1.807) is 0 Å². The first-order valence-corrected chi connectivity index (χ1v) is 11.0. The molecule has 1 aliphatic heterocycles. The molecule has 2 aromatic rings. The molecule has 0 bridgehead atoms. The highest BCUT2D eigenvalue weighted by Crippen LogP contribution is 2.35. The first-order chi connectivity index (χ1) is 12.4. The van der Waals surface area contributed by atoms with E-state index in [-0.39, 0.29) is 5.16 Å². The summed E-state index contributed by atoms with van der Waals surface area (Å²) in [5, 5.41) is 13.5. The number of fused-ring (bicyclic) bond motifs is 1. The maximum absolute atomic E-state index is 11.8. The van der Waals surface area contributed by atoms with Gasteiger partial charge in [-0.1, -0.05) is 11.8 Å². The lowest BCUT2D eigenvalue weighted by Crippen LogP contribution is -2.20. The van der Waals surface area contributed by atoms with Crippen molar-refractivity contribution in [1.82, 2.24) is 9.97 Å². The molecule has 0 radical (unpaired) electrons. The highest BCUT2D eigenvalue weighted by Gasteiger charge is 2.29. The SMILES string of the molecule is CS(=O)(=O)c1nc2c(c(Sc3ccc(N[C@H](O)C4CC4)cc3)n1)COC2. The van der Waals surface area contributed by atoms with Gasteiger partial charge in [0.05, 0.1) is 18.9 Å². The Kier molecular flexibility index (Phi) is 4.64. The number of aliphatic hydroxyl groups excluding tert-OH is 1. The zero-order valence-electron chi connectivity index (χ0n) is 14.2. The number of nitrogens with one attached hydrogen (secondary N) is 1. The second-order valence-corrected chi connectivity index (χ2v) is 9.53. The molecule has 2 aliphatic rings. The van der Waals surface area contributed by atoms with Crippen LogP contribution in [-0.2, 0) is 27.8 Å². The maximum atomic E-state index is 11.8. The van der Waals surface area contributed by atoms with Crippen molar-refractivity contribution in [3.8, 4) is 0 Å². The van der Waals surface area contributed by atoms with Crippen molar-refractivity contribution in [1.29, 1.82) is 0 Å². The first-order valence-electron chi connectivity index (χ1n) is 8.30. The molecule has 138 valence electrons. The number of hydrogen-bond acceptors (Lipinski definition) is 8. The summed E-state index contributed by atoms with van der Waals surface area (Å²) < 4.78 is 29.1. The molecule has 0 spiro atoms. The van der Waals surface area contributed by atoms with Gasteiger partial charge in [-0.2, -0.15) is 0 Å². The van der Waals surface area contributed by atoms with Crippen LogP contribution >= 0.6 is 11.8 Å². The Labute approximate surface area is 156 Å². The molecule has 1 fully saturated rings. The van der Waals surface area contributed by atoms with Gasteiger partial charge in [0, 0.05) is 28.3 Å². The Morgan fingerprint density at radius 1 is 1.23 bits per heavy atom. The zero-order chi connectivity index (χ0) is 18.3. The molecule has 0 saturated heterocycles. The van der Waals surface area contributed by atoms with E-state index in [0.29, 0.717) is 29.9 Å². The number of hydrogen-bond donors (Lipinski definition) is 2. The molecular formula is C17H19N3O4S2. The van der Waals surface area contributed by atoms with E-state index in [4.69, 9.17) is 4.74 Å². The minimum atomic E-state index is -3.49. The minimum absolute atomic E-state index is 0.171. The average molecular weight is 393 g/mol. The van der Waals surface area contributed by atoms with Crippen LogP contribution in [0.2, 0.25) is 0 Å². The van der Waals surface area contributed by atoms with Gasteiger partial charge in [-0.15, -0.1) is 0 Å². The fourth-order valence-electron chi connectivity index (χ4n) is 2.68. The molecule has 1 aliphatic carbocycles. The van der Waals surface area contributed by atoms with Gasteiger partial charge in [0.2, 0.25) is 15.0 Å². The number of benzene rings is 1. The summed E-state index contributed by atoms with van der Waals surface area (Å²) in [6.07, 6.45) is 2.72. The lowest BCUT2D eigenvalue weighted by atomic mass is 10.3. The third-order valence-corrected chi connectivity index (χ3v) is 6.19. The van der Waals surface area contributed by atoms with Crippen molar-refractivity contribution in [2.24, 2.45) is 5.92 Å². The second-order valence-electron chi connectivity index (χ2n) is 6.55. The molecule has 9 heteroatoms. The highest BCUT2D eigenvalue weighted by molar-refractivity contribution is 7.99. The van der Waals surface area contributed by atoms with E-state index in [1.165, 1.54) is 11.8 Å². The summed E-state index contributed by atoms with van der Waals surface area (Å²) in [5.41, 5.74) is 2.32. The molecule has 2 N–H and O–H groups in total. The molecule has 0 amide bonds. The van der Waals surface area contributed by atoms with Crippen molar-refractivity contribution >= 4 is 27.3 Å². The lowest BCUT2D eigenvalue weighted by molar-refractivity contribution is 0.132. The molecule has 0 unspecified atom stereocenters. The van der Waals surface area contributed by atoms with Crippen molar-refractivity contribution < 1.29 is 18.3 Å². The molecular weight excluding hydrogens is 374 g/mol. The van der Waals surface area contributed by atoms with Gasteiger partial charge in [0.15, 0.2) is 0 Å². The van der Waals surface area contributed by atoms with Crippen LogP contribution in [0, 0.1) is 5.92 Å². The molecule has 4 rings (SSSR count). The maximum Gasteiger partial charge on any atom is 0.248 e. The van der Waals surface area contributed by atoms with Gasteiger partial charge in [-0.3, -0.25) is 0 Å². The van der Waals surface area contributed by atoms with Crippen molar-refractivity contribution in [2.45, 2.75) is 47.4 Å². The predicted octanol–water partition coefficient (Wildman–Crippen LogP) is 2.20. The molecule has 1 atom stereocenters. The normalized spacial score (nSPS) is 17.8. The van der Waals surface area contributed by atoms with Crippen LogP contribution < -0.4 is 5.32 Å². The summed E-state index contributed by atoms with van der Waals surface area (Å²) in [5.74, 6) is 0.349. The van der Waals surface area contributed by atoms with Gasteiger partial charge >= 0.3 is 0 Å². The van der Waals surface area contributed by atoms with E-state index in [1.807, 2.05) is 24.3 Å². The van der Waals surface area contributed by atoms with E-state index in [9.17, 15) is 13.5 Å². The topological polar surface area (TPSA) is 101 Å². The summed E-state index contributed by atoms with van der Waals surface area (Å²) in [6, 6.07) is 7.61. The van der Waals surface area contributed by atoms with Crippen LogP contribution in [0.3, 0.4) is 0 Å². The van der Waals surface area contributed by atoms with Gasteiger partial charge < -0.3 is 15.2 Å². The fraction of sp³-hybridized carbons (Fsp3) is 0.412. The van der Waals surface area contributed by atoms with Crippen molar-refractivity contribution in [2.75, 3.05) is 11.6 Å². The predicted molar refractivity (Wildman–Crippen MR) is 96.6 cm³/mol. The third kappa shape index (κ3) is 3.85. The Bertz CT molecular complexity index is 928. The summed E-state index contributed by atoms with van der Waals surface area (Å²) in [4.78, 5) is 9.28. The van der Waals surface area contributed by atoms with Crippen LogP contribution in [0.15, 0.2) is 39.3 Å². The van der Waals surface area contributed by atoms with Crippen LogP contribution in [0.5, 0.6) is 0 Å². The number of anilines is 1. The number of ether oxygens (including phenoxy) is 1. The minimum Gasteiger partial charge on any atom is -0.374 e. The standard InChI is InChI=1S/C17H19N3O4S2/c1-26(22,23)17-19-14-9-24-8-13(14)16(20-17)25-12-6-4-11(5-7-12)18-15(21)10-2-3-10/h4-7,10,15,18,21H,2-3,8-9H2,1H3/t15-/m1/s1. The fourth-order valence-corrected chi connectivity index (χ4v) is 4.20. The van der Waals surface area contributed by atoms with Gasteiger partial charge in [0.1, 0.15) is 11.3 Å². The number of nitrogens with zero attached hydrogens (tertiary/aromatic N) is 2. The third-order valence-electron chi connectivity index (χ3n) is 4.30. The molecule has 2 heterocycles. The average Bonchev–Trinajstić information content (AvgIpc) is 3.33. The van der Waals surface area contributed by atoms with E-state index in [0.717, 1.165) is 35.2 Å². The number of sulfone groups is 1. The lowest BCUT2D eigenvalue weighted by Gasteiger charge is -2.13. The Balaban J connectivity index is 1.56. The number of aromatic nitrogens is 2. The van der Waals surface area contributed by atoms with Gasteiger partial charge in [0.25, 0.3) is 0 Å². The van der Waals surface area contributed by atoms with Crippen LogP contribution in [0.25, 0.3) is 0 Å². The second kappa shape index (κ2) is 6.80. The van der Waals surface area contributed by atoms with Crippen LogP contribution in [-0.4, -0.2) is 36.0 Å². The molecule has 1 saturated carbocycles. The monoisotopic (exact) mass is 393 g/mol. The largest absolute Gasteiger partial charge is 0.374 e. The molecule has 1 aromatic heterocycles. The van der Waals surface area contributed by atoms with Crippen molar-refractivity contribution in [3.05, 3.63) is 35.5 Å². The van der Waals surface area contributed by atoms with E-state index >= 15 is 0 Å². The van der Waals surface area contributed by atoms with Crippen LogP contribution in [0.4, 0.5) is 5.69 Å². The smallest absolute Gasteiger partial charge is 0.248 e. The van der Waals surface area contributed by atoms with Crippen molar-refractivity contribution in [3.63, 3.8) is 0 Å². The van der Waals surface area contributed by atoms with E-state index < -0.39 is 16.1 Å². The molecule has 26 heavy (non-hydrogen) atoms. The summed E-state index contributed by atoms with van der Waals surface area (Å²) in [6.45, 7) is 0.685. The van der Waals surface area contributed by atoms with E-state index in [2.05, 4.69) is 15.3 Å². The Morgan fingerprint density at radius 3 is 2.62 bits per heavy atom. The van der Waals surface area contributed by atoms with Gasteiger partial charge in [-0.25, -0.2) is 18.4 Å². The quantitative estimate of drug-likeness (QED) is 0.438. The Morgan fingerprint density at radius 2 is 1.96 bits per heavy atom. The van der Waals surface area contributed by atoms with Gasteiger partial charge in [-0.05, 0) is 37.1 Å². The molecule has 1 aromatic carbocycles.